The molecular weight excluding hydrogens is 515 g/mol. The minimum atomic E-state index is -4.60. The van der Waals surface area contributed by atoms with Gasteiger partial charge in [0.2, 0.25) is 5.75 Å². The van der Waals surface area contributed by atoms with E-state index < -0.39 is 22.6 Å². The molecular formula is C21H23ClF3N3O6S. The van der Waals surface area contributed by atoms with E-state index in [0.29, 0.717) is 16.7 Å². The molecule has 3 aromatic rings. The van der Waals surface area contributed by atoms with Crippen molar-refractivity contribution < 1.29 is 40.5 Å². The van der Waals surface area contributed by atoms with Gasteiger partial charge in [0.15, 0.2) is 27.9 Å². The van der Waals surface area contributed by atoms with Crippen molar-refractivity contribution in [2.45, 2.75) is 18.0 Å². The molecule has 192 valence electrons. The molecule has 0 aliphatic heterocycles. The third-order valence-corrected chi connectivity index (χ3v) is 6.50. The zero-order valence-electron chi connectivity index (χ0n) is 19.1. The number of halogens is 4. The normalized spacial score (nSPS) is 11.5. The van der Waals surface area contributed by atoms with E-state index >= 15 is 0 Å². The quantitative estimate of drug-likeness (QED) is 0.420. The van der Waals surface area contributed by atoms with Gasteiger partial charge >= 0.3 is 6.18 Å². The molecule has 2 aromatic carbocycles. The highest BCUT2D eigenvalue weighted by Crippen LogP contribution is 2.45. The summed E-state index contributed by atoms with van der Waals surface area (Å²) in [5.41, 5.74) is 0.331. The van der Waals surface area contributed by atoms with E-state index in [9.17, 15) is 21.6 Å². The lowest BCUT2D eigenvalue weighted by atomic mass is 10.1. The predicted molar refractivity (Wildman–Crippen MR) is 125 cm³/mol. The fraction of sp³-hybridized carbons (Fsp3) is 0.333. The molecule has 0 amide bonds. The first-order valence-corrected chi connectivity index (χ1v) is 11.5. The number of hydrogen-bond acceptors (Lipinski definition) is 9. The monoisotopic (exact) mass is 537 g/mol. The van der Waals surface area contributed by atoms with Crippen molar-refractivity contribution in [2.24, 2.45) is 0 Å². The first-order valence-electron chi connectivity index (χ1n) is 9.81. The Hall–Kier alpha value is -3.19. The van der Waals surface area contributed by atoms with Crippen LogP contribution in [0.2, 0.25) is 0 Å². The summed E-state index contributed by atoms with van der Waals surface area (Å²) in [4.78, 5) is 8.28. The van der Waals surface area contributed by atoms with Gasteiger partial charge in [-0.05, 0) is 18.2 Å². The molecule has 0 saturated heterocycles. The van der Waals surface area contributed by atoms with Crippen molar-refractivity contribution in [1.82, 2.24) is 9.97 Å². The van der Waals surface area contributed by atoms with Crippen LogP contribution in [0.5, 0.6) is 23.0 Å². The second-order valence-corrected chi connectivity index (χ2v) is 9.13. The van der Waals surface area contributed by atoms with Crippen LogP contribution in [0.3, 0.4) is 0 Å². The fourth-order valence-corrected chi connectivity index (χ4v) is 4.07. The highest BCUT2D eigenvalue weighted by Gasteiger charge is 2.29. The third kappa shape index (κ3) is 6.09. The number of fused-ring (bicyclic) bond motifs is 1. The zero-order valence-corrected chi connectivity index (χ0v) is 20.7. The van der Waals surface area contributed by atoms with E-state index in [4.69, 9.17) is 18.9 Å². The first kappa shape index (κ1) is 28.1. The van der Waals surface area contributed by atoms with Crippen LogP contribution in [-0.2, 0) is 9.84 Å². The van der Waals surface area contributed by atoms with Crippen molar-refractivity contribution in [2.75, 3.05) is 39.0 Å². The van der Waals surface area contributed by atoms with E-state index in [1.54, 1.807) is 6.07 Å². The number of ether oxygens (including phenoxy) is 4. The number of methoxy groups -OCH3 is 3. The van der Waals surface area contributed by atoms with Gasteiger partial charge in [-0.2, -0.15) is 13.2 Å². The molecule has 0 unspecified atom stereocenters. The van der Waals surface area contributed by atoms with Crippen LogP contribution in [0.4, 0.5) is 24.7 Å². The lowest BCUT2D eigenvalue weighted by Crippen LogP contribution is -2.19. The summed E-state index contributed by atoms with van der Waals surface area (Å²) in [7, 11) is 0.575. The predicted octanol–water partition coefficient (Wildman–Crippen LogP) is 4.56. The van der Waals surface area contributed by atoms with E-state index in [2.05, 4.69) is 15.3 Å². The standard InChI is InChI=1S/C21H22F3N3O6S.ClH/c1-5-34(28,29)12-6-7-15(33-10-21(22,23)24)13(8-12)27-20-17-14(25-11-26-20)9-16(30-2)18(31-3)19(17)32-4;/h6-9,11H,5,10H2,1-4H3,(H,25,26,27);1H. The van der Waals surface area contributed by atoms with Gasteiger partial charge in [0.1, 0.15) is 17.9 Å². The molecule has 1 heterocycles. The van der Waals surface area contributed by atoms with Crippen LogP contribution in [0.15, 0.2) is 35.5 Å². The lowest BCUT2D eigenvalue weighted by molar-refractivity contribution is -0.153. The van der Waals surface area contributed by atoms with E-state index in [1.165, 1.54) is 46.7 Å². The van der Waals surface area contributed by atoms with Gasteiger partial charge < -0.3 is 24.3 Å². The van der Waals surface area contributed by atoms with Crippen molar-refractivity contribution in [1.29, 1.82) is 0 Å². The van der Waals surface area contributed by atoms with Crippen LogP contribution < -0.4 is 24.3 Å². The highest BCUT2D eigenvalue weighted by molar-refractivity contribution is 7.91. The lowest BCUT2D eigenvalue weighted by Gasteiger charge is -2.18. The largest absolute Gasteiger partial charge is 0.493 e. The second kappa shape index (κ2) is 11.0. The van der Waals surface area contributed by atoms with Crippen LogP contribution >= 0.6 is 12.4 Å². The smallest absolute Gasteiger partial charge is 0.422 e. The number of sulfone groups is 1. The summed E-state index contributed by atoms with van der Waals surface area (Å²) in [6, 6.07) is 5.09. The average Bonchev–Trinajstić information content (AvgIpc) is 2.81. The number of alkyl halides is 3. The Bertz CT molecular complexity index is 1310. The number of benzene rings is 2. The Labute approximate surface area is 205 Å². The topological polar surface area (TPSA) is 109 Å². The second-order valence-electron chi connectivity index (χ2n) is 6.85. The fourth-order valence-electron chi connectivity index (χ4n) is 3.16. The van der Waals surface area contributed by atoms with Gasteiger partial charge in [-0.1, -0.05) is 6.92 Å². The van der Waals surface area contributed by atoms with Gasteiger partial charge in [-0.25, -0.2) is 18.4 Å². The molecule has 14 heteroatoms. The molecule has 0 atom stereocenters. The average molecular weight is 538 g/mol. The molecule has 3 rings (SSSR count). The van der Waals surface area contributed by atoms with E-state index in [-0.39, 0.29) is 51.8 Å². The van der Waals surface area contributed by atoms with Gasteiger partial charge in [-0.3, -0.25) is 0 Å². The zero-order chi connectivity index (χ0) is 25.1. The number of aromatic nitrogens is 2. The number of nitrogens with one attached hydrogen (secondary N) is 1. The Morgan fingerprint density at radius 3 is 2.23 bits per heavy atom. The van der Waals surface area contributed by atoms with Gasteiger partial charge in [0, 0.05) is 6.07 Å². The molecule has 35 heavy (non-hydrogen) atoms. The van der Waals surface area contributed by atoms with Crippen molar-refractivity contribution in [3.05, 3.63) is 30.6 Å². The van der Waals surface area contributed by atoms with Crippen LogP contribution in [0, 0.1) is 0 Å². The van der Waals surface area contributed by atoms with Gasteiger partial charge in [-0.15, -0.1) is 12.4 Å². The summed E-state index contributed by atoms with van der Waals surface area (Å²) >= 11 is 0. The van der Waals surface area contributed by atoms with Crippen LogP contribution in [0.25, 0.3) is 10.9 Å². The summed E-state index contributed by atoms with van der Waals surface area (Å²) in [5.74, 6) is 0.475. The molecule has 0 fully saturated rings. The van der Waals surface area contributed by atoms with E-state index in [0.717, 1.165) is 6.07 Å². The molecule has 1 N–H and O–H groups in total. The minimum absolute atomic E-state index is 0. The Morgan fingerprint density at radius 2 is 1.66 bits per heavy atom. The summed E-state index contributed by atoms with van der Waals surface area (Å²) < 4.78 is 84.2. The van der Waals surface area contributed by atoms with Crippen molar-refractivity contribution >= 4 is 44.7 Å². The SMILES string of the molecule is CCS(=O)(=O)c1ccc(OCC(F)(F)F)c(Nc2ncnc3cc(OC)c(OC)c(OC)c23)c1.Cl. The van der Waals surface area contributed by atoms with Crippen molar-refractivity contribution in [3.8, 4) is 23.0 Å². The maximum atomic E-state index is 12.8. The number of nitrogens with zero attached hydrogens (tertiary/aromatic N) is 2. The number of rotatable bonds is 9. The molecule has 0 saturated carbocycles. The third-order valence-electron chi connectivity index (χ3n) is 4.76. The molecule has 0 aliphatic rings. The number of anilines is 2. The molecule has 9 nitrogen and oxygen atoms in total. The number of hydrogen-bond donors (Lipinski definition) is 1. The van der Waals surface area contributed by atoms with E-state index in [1.807, 2.05) is 0 Å². The molecule has 0 radical (unpaired) electrons. The highest BCUT2D eigenvalue weighted by atomic mass is 35.5. The Morgan fingerprint density at radius 1 is 0.971 bits per heavy atom. The molecule has 0 spiro atoms. The maximum absolute atomic E-state index is 12.8. The summed E-state index contributed by atoms with van der Waals surface area (Å²) in [6.07, 6.45) is -3.38. The molecule has 1 aromatic heterocycles. The first-order chi connectivity index (χ1) is 16.0. The molecule has 0 bridgehead atoms. The molecule has 0 aliphatic carbocycles. The Kier molecular flexibility index (Phi) is 8.84. The summed E-state index contributed by atoms with van der Waals surface area (Å²) in [5, 5.41) is 3.19. The maximum Gasteiger partial charge on any atom is 0.422 e. The van der Waals surface area contributed by atoms with Gasteiger partial charge in [0.05, 0.1) is 48.6 Å². The summed E-state index contributed by atoms with van der Waals surface area (Å²) in [6.45, 7) is -0.112. The van der Waals surface area contributed by atoms with Crippen molar-refractivity contribution in [3.63, 3.8) is 0 Å². The van der Waals surface area contributed by atoms with Crippen LogP contribution in [0.1, 0.15) is 6.92 Å². The minimum Gasteiger partial charge on any atom is -0.493 e. The van der Waals surface area contributed by atoms with Crippen LogP contribution in [-0.4, -0.2) is 58.3 Å². The van der Waals surface area contributed by atoms with Gasteiger partial charge in [0.25, 0.3) is 0 Å². The Balaban J connectivity index is 0.00000432.